The van der Waals surface area contributed by atoms with Gasteiger partial charge in [0.2, 0.25) is 0 Å². The first-order valence-electron chi connectivity index (χ1n) is 7.35. The highest BCUT2D eigenvalue weighted by atomic mass is 16.1. The highest BCUT2D eigenvalue weighted by Crippen LogP contribution is 2.36. The van der Waals surface area contributed by atoms with Crippen molar-refractivity contribution in [3.63, 3.8) is 0 Å². The van der Waals surface area contributed by atoms with E-state index in [1.165, 1.54) is 6.42 Å². The smallest absolute Gasteiger partial charge is 0.139 e. The quantitative estimate of drug-likeness (QED) is 0.736. The number of rotatable bonds is 7. The van der Waals surface area contributed by atoms with Gasteiger partial charge in [-0.2, -0.15) is 0 Å². The summed E-state index contributed by atoms with van der Waals surface area (Å²) in [4.78, 5) is 12.5. The first kappa shape index (κ1) is 14.7. The lowest BCUT2D eigenvalue weighted by atomic mass is 9.71. The minimum absolute atomic E-state index is 0.0248. The van der Waals surface area contributed by atoms with Gasteiger partial charge in [0.05, 0.1) is 0 Å². The number of carbonyl (C=O) groups is 1. The molecule has 0 aromatic rings. The van der Waals surface area contributed by atoms with Gasteiger partial charge in [-0.15, -0.1) is 0 Å². The van der Waals surface area contributed by atoms with Crippen LogP contribution in [-0.2, 0) is 4.79 Å². The van der Waals surface area contributed by atoms with Crippen LogP contribution in [0.1, 0.15) is 65.7 Å². The fourth-order valence-corrected chi connectivity index (χ4v) is 2.99. The zero-order chi connectivity index (χ0) is 12.7. The molecule has 0 aliphatic carbocycles. The molecule has 0 unspecified atom stereocenters. The second-order valence-corrected chi connectivity index (χ2v) is 5.99. The molecule has 1 aliphatic rings. The molecular weight excluding hydrogens is 210 g/mol. The lowest BCUT2D eigenvalue weighted by Crippen LogP contribution is -2.42. The monoisotopic (exact) mass is 239 g/mol. The standard InChI is InChI=1S/C15H29NO/c1-4-8-15(9-11-16-12-10-15)14(17)7-5-6-13(2)3/h13,16H,4-12H2,1-3H3. The summed E-state index contributed by atoms with van der Waals surface area (Å²) >= 11 is 0. The Labute approximate surface area is 107 Å². The van der Waals surface area contributed by atoms with Crippen molar-refractivity contribution in [3.05, 3.63) is 0 Å². The first-order chi connectivity index (χ1) is 8.10. The van der Waals surface area contributed by atoms with Crippen molar-refractivity contribution in [2.75, 3.05) is 13.1 Å². The number of ketones is 1. The molecular formula is C15H29NO. The number of hydrogen-bond acceptors (Lipinski definition) is 2. The van der Waals surface area contributed by atoms with E-state index in [1.807, 2.05) is 0 Å². The van der Waals surface area contributed by atoms with Crippen molar-refractivity contribution >= 4 is 5.78 Å². The van der Waals surface area contributed by atoms with Crippen molar-refractivity contribution in [3.8, 4) is 0 Å². The van der Waals surface area contributed by atoms with Gasteiger partial charge in [0.15, 0.2) is 0 Å². The molecule has 1 N–H and O–H groups in total. The zero-order valence-corrected chi connectivity index (χ0v) is 11.8. The summed E-state index contributed by atoms with van der Waals surface area (Å²) in [5, 5.41) is 3.37. The Morgan fingerprint density at radius 2 is 1.94 bits per heavy atom. The van der Waals surface area contributed by atoms with Crippen molar-refractivity contribution in [1.82, 2.24) is 5.32 Å². The summed E-state index contributed by atoms with van der Waals surface area (Å²) in [7, 11) is 0. The summed E-state index contributed by atoms with van der Waals surface area (Å²) in [6, 6.07) is 0. The molecule has 0 atom stereocenters. The van der Waals surface area contributed by atoms with Gasteiger partial charge in [0.25, 0.3) is 0 Å². The van der Waals surface area contributed by atoms with Crippen LogP contribution in [0.5, 0.6) is 0 Å². The van der Waals surface area contributed by atoms with Crippen LogP contribution >= 0.6 is 0 Å². The fraction of sp³-hybridized carbons (Fsp3) is 0.933. The van der Waals surface area contributed by atoms with E-state index in [2.05, 4.69) is 26.1 Å². The predicted octanol–water partition coefficient (Wildman–Crippen LogP) is 3.55. The highest BCUT2D eigenvalue weighted by Gasteiger charge is 2.37. The van der Waals surface area contributed by atoms with E-state index in [0.717, 1.165) is 57.5 Å². The van der Waals surface area contributed by atoms with Crippen LogP contribution in [-0.4, -0.2) is 18.9 Å². The van der Waals surface area contributed by atoms with Crippen molar-refractivity contribution in [2.45, 2.75) is 65.7 Å². The Morgan fingerprint density at radius 1 is 1.29 bits per heavy atom. The summed E-state index contributed by atoms with van der Waals surface area (Å²) < 4.78 is 0. The Hall–Kier alpha value is -0.370. The molecule has 1 heterocycles. The molecule has 1 aliphatic heterocycles. The molecule has 0 aromatic heterocycles. The van der Waals surface area contributed by atoms with Crippen molar-refractivity contribution in [2.24, 2.45) is 11.3 Å². The summed E-state index contributed by atoms with van der Waals surface area (Å²) in [5.41, 5.74) is 0.0248. The number of hydrogen-bond donors (Lipinski definition) is 1. The number of nitrogens with one attached hydrogen (secondary N) is 1. The van der Waals surface area contributed by atoms with Crippen LogP contribution in [0, 0.1) is 11.3 Å². The van der Waals surface area contributed by atoms with Crippen LogP contribution in [0.4, 0.5) is 0 Å². The minimum atomic E-state index is 0.0248. The molecule has 100 valence electrons. The van der Waals surface area contributed by atoms with E-state index in [9.17, 15) is 4.79 Å². The van der Waals surface area contributed by atoms with Gasteiger partial charge >= 0.3 is 0 Å². The van der Waals surface area contributed by atoms with Gasteiger partial charge in [-0.25, -0.2) is 0 Å². The van der Waals surface area contributed by atoms with E-state index in [4.69, 9.17) is 0 Å². The maximum Gasteiger partial charge on any atom is 0.139 e. The maximum absolute atomic E-state index is 12.5. The summed E-state index contributed by atoms with van der Waals surface area (Å²) in [6.45, 7) is 8.71. The molecule has 1 saturated heterocycles. The predicted molar refractivity (Wildman–Crippen MR) is 73.1 cm³/mol. The minimum Gasteiger partial charge on any atom is -0.317 e. The van der Waals surface area contributed by atoms with Gasteiger partial charge < -0.3 is 5.32 Å². The molecule has 0 amide bonds. The summed E-state index contributed by atoms with van der Waals surface area (Å²) in [6.07, 6.45) is 7.41. The molecule has 0 aromatic carbocycles. The molecule has 17 heavy (non-hydrogen) atoms. The second-order valence-electron chi connectivity index (χ2n) is 5.99. The molecule has 0 saturated carbocycles. The highest BCUT2D eigenvalue weighted by molar-refractivity contribution is 5.84. The molecule has 1 rings (SSSR count). The van der Waals surface area contributed by atoms with Crippen LogP contribution in [0.15, 0.2) is 0 Å². The third-order valence-electron chi connectivity index (χ3n) is 4.07. The molecule has 0 radical (unpaired) electrons. The topological polar surface area (TPSA) is 29.1 Å². The Kier molecular flexibility index (Phi) is 6.18. The van der Waals surface area contributed by atoms with Crippen molar-refractivity contribution in [1.29, 1.82) is 0 Å². The Bertz CT molecular complexity index is 224. The fourth-order valence-electron chi connectivity index (χ4n) is 2.99. The van der Waals surface area contributed by atoms with Crippen LogP contribution in [0.25, 0.3) is 0 Å². The van der Waals surface area contributed by atoms with Crippen molar-refractivity contribution < 1.29 is 4.79 Å². The second kappa shape index (κ2) is 7.15. The number of carbonyl (C=O) groups excluding carboxylic acids is 1. The van der Waals surface area contributed by atoms with Crippen LogP contribution in [0.3, 0.4) is 0 Å². The average Bonchev–Trinajstić information content (AvgIpc) is 2.30. The van der Waals surface area contributed by atoms with E-state index in [1.54, 1.807) is 0 Å². The van der Waals surface area contributed by atoms with Gasteiger partial charge in [-0.1, -0.05) is 33.6 Å². The molecule has 2 heteroatoms. The molecule has 0 bridgehead atoms. The van der Waals surface area contributed by atoms with Gasteiger partial charge in [0.1, 0.15) is 5.78 Å². The zero-order valence-electron chi connectivity index (χ0n) is 11.8. The van der Waals surface area contributed by atoms with Crippen LogP contribution in [0.2, 0.25) is 0 Å². The van der Waals surface area contributed by atoms with Crippen LogP contribution < -0.4 is 5.32 Å². The van der Waals surface area contributed by atoms with Gasteiger partial charge in [0, 0.05) is 11.8 Å². The average molecular weight is 239 g/mol. The SMILES string of the molecule is CCCC1(C(=O)CCCC(C)C)CCNCC1. The van der Waals surface area contributed by atoms with Gasteiger partial charge in [-0.3, -0.25) is 4.79 Å². The van der Waals surface area contributed by atoms with E-state index >= 15 is 0 Å². The van der Waals surface area contributed by atoms with Gasteiger partial charge in [-0.05, 0) is 44.7 Å². The number of Topliss-reactive ketones (excluding diaryl/α,β-unsaturated/α-hetero) is 1. The molecule has 2 nitrogen and oxygen atoms in total. The number of piperidine rings is 1. The Morgan fingerprint density at radius 3 is 2.47 bits per heavy atom. The normalized spacial score (nSPS) is 19.5. The largest absolute Gasteiger partial charge is 0.317 e. The lowest BCUT2D eigenvalue weighted by molar-refractivity contribution is -0.131. The third-order valence-corrected chi connectivity index (χ3v) is 4.07. The first-order valence-corrected chi connectivity index (χ1v) is 7.35. The van der Waals surface area contributed by atoms with E-state index in [0.29, 0.717) is 5.78 Å². The van der Waals surface area contributed by atoms with E-state index in [-0.39, 0.29) is 5.41 Å². The van der Waals surface area contributed by atoms with E-state index < -0.39 is 0 Å². The molecule has 1 fully saturated rings. The lowest BCUT2D eigenvalue weighted by Gasteiger charge is -2.36. The Balaban J connectivity index is 2.48. The molecule has 0 spiro atoms. The summed E-state index contributed by atoms with van der Waals surface area (Å²) in [5.74, 6) is 1.26. The maximum atomic E-state index is 12.5. The third kappa shape index (κ3) is 4.42.